The number of benzene rings is 1. The Bertz CT molecular complexity index is 571. The van der Waals surface area contributed by atoms with Crippen molar-refractivity contribution in [3.8, 4) is 5.75 Å². The van der Waals surface area contributed by atoms with Gasteiger partial charge in [0.2, 0.25) is 0 Å². The fourth-order valence-electron chi connectivity index (χ4n) is 1.51. The Morgan fingerprint density at radius 3 is 3.05 bits per heavy atom. The Hall–Kier alpha value is -1.59. The molecule has 1 aromatic carbocycles. The lowest BCUT2D eigenvalue weighted by atomic mass is 10.3. The Morgan fingerprint density at radius 1 is 1.47 bits per heavy atom. The van der Waals surface area contributed by atoms with Gasteiger partial charge >= 0.3 is 5.97 Å². The predicted octanol–water partition coefficient (Wildman–Crippen LogP) is 3.05. The number of carbonyl (C=O) groups is 1. The van der Waals surface area contributed by atoms with E-state index in [2.05, 4.69) is 4.98 Å². The molecule has 0 saturated carbocycles. The highest BCUT2D eigenvalue weighted by atomic mass is 35.5. The van der Waals surface area contributed by atoms with Crippen molar-refractivity contribution in [2.75, 3.05) is 6.61 Å². The van der Waals surface area contributed by atoms with E-state index >= 15 is 0 Å². The molecule has 1 N–H and O–H groups in total. The largest absolute Gasteiger partial charge is 0.493 e. The average Bonchev–Trinajstić information content (AvgIpc) is 2.76. The fraction of sp³-hybridized carbons (Fsp3) is 0.231. The molecule has 6 heteroatoms. The molecule has 2 rings (SSSR count). The zero-order chi connectivity index (χ0) is 13.7. The highest BCUT2D eigenvalue weighted by Crippen LogP contribution is 2.18. The lowest BCUT2D eigenvalue weighted by Crippen LogP contribution is -2.00. The second-order valence-electron chi connectivity index (χ2n) is 3.85. The van der Waals surface area contributed by atoms with Gasteiger partial charge in [-0.25, -0.2) is 4.98 Å². The number of carboxylic acid groups (broad SMARTS) is 1. The summed E-state index contributed by atoms with van der Waals surface area (Å²) in [7, 11) is 0. The molecule has 2 aromatic rings. The molecule has 0 spiro atoms. The molecule has 0 saturated heterocycles. The number of rotatable bonds is 6. The molecule has 0 aliphatic carbocycles. The van der Waals surface area contributed by atoms with E-state index in [1.54, 1.807) is 18.3 Å². The number of hydrogen-bond donors (Lipinski definition) is 1. The van der Waals surface area contributed by atoms with Crippen LogP contribution in [0.15, 0.2) is 30.5 Å². The number of aliphatic carboxylic acids is 1. The lowest BCUT2D eigenvalue weighted by molar-refractivity contribution is -0.136. The van der Waals surface area contributed by atoms with Crippen LogP contribution in [-0.2, 0) is 17.6 Å². The first-order valence-electron chi connectivity index (χ1n) is 5.67. The van der Waals surface area contributed by atoms with Crippen LogP contribution < -0.4 is 4.74 Å². The van der Waals surface area contributed by atoms with E-state index in [0.717, 1.165) is 15.6 Å². The third kappa shape index (κ3) is 4.54. The first kappa shape index (κ1) is 13.8. The molecule has 0 amide bonds. The van der Waals surface area contributed by atoms with Crippen molar-refractivity contribution in [2.45, 2.75) is 12.8 Å². The monoisotopic (exact) mass is 297 g/mol. The number of ether oxygens (including phenoxy) is 1. The van der Waals surface area contributed by atoms with Crippen LogP contribution in [0, 0.1) is 0 Å². The highest BCUT2D eigenvalue weighted by Gasteiger charge is 2.06. The molecular weight excluding hydrogens is 286 g/mol. The first-order chi connectivity index (χ1) is 9.13. The lowest BCUT2D eigenvalue weighted by Gasteiger charge is -2.04. The minimum Gasteiger partial charge on any atom is -0.493 e. The highest BCUT2D eigenvalue weighted by molar-refractivity contribution is 7.11. The number of halogens is 1. The Balaban J connectivity index is 1.82. The molecule has 1 aromatic heterocycles. The van der Waals surface area contributed by atoms with Crippen molar-refractivity contribution in [2.24, 2.45) is 0 Å². The van der Waals surface area contributed by atoms with Crippen molar-refractivity contribution >= 4 is 28.9 Å². The van der Waals surface area contributed by atoms with E-state index in [0.29, 0.717) is 18.1 Å². The van der Waals surface area contributed by atoms with Crippen LogP contribution >= 0.6 is 22.9 Å². The van der Waals surface area contributed by atoms with Crippen LogP contribution in [0.5, 0.6) is 5.75 Å². The van der Waals surface area contributed by atoms with Gasteiger partial charge in [0.1, 0.15) is 5.75 Å². The van der Waals surface area contributed by atoms with Crippen LogP contribution in [0.3, 0.4) is 0 Å². The quantitative estimate of drug-likeness (QED) is 0.890. The molecule has 100 valence electrons. The molecule has 19 heavy (non-hydrogen) atoms. The maximum Gasteiger partial charge on any atom is 0.308 e. The van der Waals surface area contributed by atoms with Crippen LogP contribution in [0.25, 0.3) is 0 Å². The van der Waals surface area contributed by atoms with Gasteiger partial charge in [-0.1, -0.05) is 17.7 Å². The van der Waals surface area contributed by atoms with Crippen LogP contribution in [0.4, 0.5) is 0 Å². The van der Waals surface area contributed by atoms with Crippen LogP contribution in [0.2, 0.25) is 5.02 Å². The standard InChI is InChI=1S/C13H12ClNO3S/c14-9-2-1-3-10(6-9)18-5-4-12-15-8-11(19-12)7-13(16)17/h1-3,6,8H,4-5,7H2,(H,16,17). The van der Waals surface area contributed by atoms with Crippen molar-refractivity contribution in [3.63, 3.8) is 0 Å². The summed E-state index contributed by atoms with van der Waals surface area (Å²) in [6, 6.07) is 7.20. The van der Waals surface area contributed by atoms with E-state index in [1.165, 1.54) is 11.3 Å². The van der Waals surface area contributed by atoms with Gasteiger partial charge in [-0.3, -0.25) is 4.79 Å². The maximum atomic E-state index is 10.6. The van der Waals surface area contributed by atoms with Gasteiger partial charge in [0.25, 0.3) is 0 Å². The average molecular weight is 298 g/mol. The SMILES string of the molecule is O=C(O)Cc1cnc(CCOc2cccc(Cl)c2)s1. The number of nitrogens with zero attached hydrogens (tertiary/aromatic N) is 1. The van der Waals surface area contributed by atoms with Crippen LogP contribution in [0.1, 0.15) is 9.88 Å². The molecular formula is C13H12ClNO3S. The molecule has 0 aliphatic heterocycles. The summed E-state index contributed by atoms with van der Waals surface area (Å²) in [4.78, 5) is 15.5. The molecule has 0 atom stereocenters. The van der Waals surface area contributed by atoms with Gasteiger partial charge in [0.15, 0.2) is 0 Å². The van der Waals surface area contributed by atoms with Crippen LogP contribution in [-0.4, -0.2) is 22.7 Å². The Morgan fingerprint density at radius 2 is 2.32 bits per heavy atom. The van der Waals surface area contributed by atoms with Gasteiger partial charge < -0.3 is 9.84 Å². The third-order valence-corrected chi connectivity index (χ3v) is 3.60. The van der Waals surface area contributed by atoms with Crippen molar-refractivity contribution in [1.82, 2.24) is 4.98 Å². The van der Waals surface area contributed by atoms with Gasteiger partial charge in [-0.05, 0) is 18.2 Å². The number of carboxylic acids is 1. The van der Waals surface area contributed by atoms with Gasteiger partial charge in [0.05, 0.1) is 18.0 Å². The third-order valence-electron chi connectivity index (χ3n) is 2.31. The van der Waals surface area contributed by atoms with E-state index in [9.17, 15) is 4.79 Å². The molecule has 0 aliphatic rings. The summed E-state index contributed by atoms with van der Waals surface area (Å²) in [6.45, 7) is 0.486. The summed E-state index contributed by atoms with van der Waals surface area (Å²) >= 11 is 7.25. The van der Waals surface area contributed by atoms with Crippen molar-refractivity contribution < 1.29 is 14.6 Å². The van der Waals surface area contributed by atoms with E-state index < -0.39 is 5.97 Å². The Labute approximate surface area is 119 Å². The summed E-state index contributed by atoms with van der Waals surface area (Å²) in [5.41, 5.74) is 0. The summed E-state index contributed by atoms with van der Waals surface area (Å²) < 4.78 is 5.55. The normalized spacial score (nSPS) is 10.4. The molecule has 4 nitrogen and oxygen atoms in total. The molecule has 0 radical (unpaired) electrons. The summed E-state index contributed by atoms with van der Waals surface area (Å²) in [5, 5.41) is 10.2. The molecule has 0 unspecified atom stereocenters. The minimum absolute atomic E-state index is 0.0207. The Kier molecular flexibility index (Phi) is 4.76. The zero-order valence-corrected chi connectivity index (χ0v) is 11.6. The van der Waals surface area contributed by atoms with Gasteiger partial charge in [-0.2, -0.15) is 0 Å². The summed E-state index contributed by atoms with van der Waals surface area (Å²) in [5.74, 6) is -0.125. The number of aromatic nitrogens is 1. The predicted molar refractivity (Wildman–Crippen MR) is 74.1 cm³/mol. The van der Waals surface area contributed by atoms with E-state index in [-0.39, 0.29) is 6.42 Å². The first-order valence-corrected chi connectivity index (χ1v) is 6.86. The second-order valence-corrected chi connectivity index (χ2v) is 5.48. The fourth-order valence-corrected chi connectivity index (χ4v) is 2.58. The van der Waals surface area contributed by atoms with E-state index in [1.807, 2.05) is 12.1 Å². The second kappa shape index (κ2) is 6.54. The number of hydrogen-bond acceptors (Lipinski definition) is 4. The van der Waals surface area contributed by atoms with Gasteiger partial charge in [0, 0.05) is 22.5 Å². The number of thiazole rings is 1. The molecule has 1 heterocycles. The van der Waals surface area contributed by atoms with Crippen molar-refractivity contribution in [1.29, 1.82) is 0 Å². The molecule has 0 bridgehead atoms. The van der Waals surface area contributed by atoms with Crippen molar-refractivity contribution in [3.05, 3.63) is 45.4 Å². The summed E-state index contributed by atoms with van der Waals surface area (Å²) in [6.07, 6.45) is 2.27. The molecule has 0 fully saturated rings. The minimum atomic E-state index is -0.842. The van der Waals surface area contributed by atoms with Gasteiger partial charge in [-0.15, -0.1) is 11.3 Å². The smallest absolute Gasteiger partial charge is 0.308 e. The maximum absolute atomic E-state index is 10.6. The topological polar surface area (TPSA) is 59.4 Å². The zero-order valence-electron chi connectivity index (χ0n) is 10.0. The van der Waals surface area contributed by atoms with E-state index in [4.69, 9.17) is 21.4 Å².